The minimum absolute atomic E-state index is 0.00827. The number of rotatable bonds is 23. The molecular formula is C62H92N14O21. The fourth-order valence-corrected chi connectivity index (χ4v) is 11.1. The molecule has 0 radical (unpaired) electrons. The van der Waals surface area contributed by atoms with Crippen LogP contribution in [0.2, 0.25) is 0 Å². The van der Waals surface area contributed by atoms with E-state index in [1.807, 2.05) is 16.0 Å². The lowest BCUT2D eigenvalue weighted by molar-refractivity contribution is -0.150. The highest BCUT2D eigenvalue weighted by molar-refractivity contribution is 6.03. The number of nitrogens with one attached hydrogen (secondary N) is 11. The van der Waals surface area contributed by atoms with Crippen LogP contribution in [0.25, 0.3) is 0 Å². The van der Waals surface area contributed by atoms with Gasteiger partial charge in [-0.25, -0.2) is 0 Å². The van der Waals surface area contributed by atoms with Crippen LogP contribution in [-0.4, -0.2) is 224 Å². The van der Waals surface area contributed by atoms with Crippen LogP contribution in [0.5, 0.6) is 0 Å². The maximum atomic E-state index is 15.3. The molecule has 3 heterocycles. The zero-order chi connectivity index (χ0) is 72.4. The standard InChI is InChI=1S/C62H92N14O21/c1-7-8-9-10-11-12-13-22-42(77)67-36-19-16-18-35(25-36)52(86)69-39(28-47(84)85)55(89)74-51-34(6)66-56(90)41-21-17-24-76(41)60(94)48(31(2)3)72-59(93)50(33(5)63)71-44(79)30-65-53(87)37(26-45(80)81)68-43(78)29-64-54(88)38(27-46(82)83)70-58(92)49(32(4)62(96)97)73-57(91)40-20-14-15-23-75(40)61(51)95/h16,18-19,25,31-34,37-41,48-51H,7-15,17,20-24,26-30,63H2,1-6H3,(H,64,88)(H,65,87)(H,66,90)(H,67,77)(H,68,78)(H,69,86)(H,70,92)(H,71,79)(H,72,93)(H,73,91)(H,74,89)(H,80,81)(H,82,83)(H,84,85)(H,96,97). The van der Waals surface area contributed by atoms with Crippen LogP contribution in [0, 0.1) is 11.8 Å². The number of hydrogen-bond donors (Lipinski definition) is 16. The highest BCUT2D eigenvalue weighted by Gasteiger charge is 2.45. The fourth-order valence-electron chi connectivity index (χ4n) is 11.1. The molecule has 35 heteroatoms. The Bertz CT molecular complexity index is 3090. The average molecular weight is 1370 g/mol. The second kappa shape index (κ2) is 38.7. The van der Waals surface area contributed by atoms with Gasteiger partial charge in [0.2, 0.25) is 70.9 Å². The number of carbonyl (C=O) groups is 17. The number of benzene rings is 1. The third kappa shape index (κ3) is 25.0. The molecule has 3 aliphatic heterocycles. The number of piperidine rings is 1. The Labute approximate surface area is 559 Å². The monoisotopic (exact) mass is 1370 g/mol. The van der Waals surface area contributed by atoms with Gasteiger partial charge in [0.05, 0.1) is 44.3 Å². The van der Waals surface area contributed by atoms with Crippen molar-refractivity contribution in [2.45, 2.75) is 211 Å². The Balaban J connectivity index is 1.80. The predicted molar refractivity (Wildman–Crippen MR) is 340 cm³/mol. The van der Waals surface area contributed by atoms with Gasteiger partial charge in [0.15, 0.2) is 0 Å². The summed E-state index contributed by atoms with van der Waals surface area (Å²) < 4.78 is 0. The van der Waals surface area contributed by atoms with Crippen molar-refractivity contribution in [3.05, 3.63) is 29.8 Å². The molecule has 35 nitrogen and oxygen atoms in total. The second-order valence-corrected chi connectivity index (χ2v) is 24.7. The highest BCUT2D eigenvalue weighted by Crippen LogP contribution is 2.24. The molecule has 12 atom stereocenters. The van der Waals surface area contributed by atoms with Gasteiger partial charge in [-0.15, -0.1) is 0 Å². The van der Waals surface area contributed by atoms with Crippen molar-refractivity contribution >= 4 is 106 Å². The van der Waals surface area contributed by atoms with Crippen molar-refractivity contribution in [1.82, 2.24) is 63.0 Å². The zero-order valence-corrected chi connectivity index (χ0v) is 55.2. The number of carbonyl (C=O) groups excluding carboxylic acids is 13. The Morgan fingerprint density at radius 2 is 1.13 bits per heavy atom. The Hall–Kier alpha value is -9.83. The fraction of sp³-hybridized carbons (Fsp3) is 0.629. The molecule has 3 aliphatic rings. The van der Waals surface area contributed by atoms with Crippen molar-refractivity contribution in [3.8, 4) is 0 Å². The third-order valence-electron chi connectivity index (χ3n) is 16.5. The number of fused-ring (bicyclic) bond motifs is 2. The Morgan fingerprint density at radius 1 is 0.598 bits per heavy atom. The summed E-state index contributed by atoms with van der Waals surface area (Å²) in [4.78, 5) is 233. The van der Waals surface area contributed by atoms with Crippen LogP contribution in [0.15, 0.2) is 24.3 Å². The van der Waals surface area contributed by atoms with Crippen LogP contribution in [0.1, 0.15) is 155 Å². The lowest BCUT2D eigenvalue weighted by Gasteiger charge is -2.39. The van der Waals surface area contributed by atoms with Crippen LogP contribution >= 0.6 is 0 Å². The number of aliphatic carboxylic acids is 4. The predicted octanol–water partition coefficient (Wildman–Crippen LogP) is -2.96. The number of nitrogens with zero attached hydrogens (tertiary/aromatic N) is 2. The first kappa shape index (κ1) is 79.6. The Kier molecular flexibility index (Phi) is 31.7. The molecule has 1 aromatic carbocycles. The number of nitrogens with two attached hydrogens (primary N) is 1. The summed E-state index contributed by atoms with van der Waals surface area (Å²) in [5, 5.41) is 65.1. The van der Waals surface area contributed by atoms with Crippen molar-refractivity contribution < 1.29 is 102 Å². The number of unbranched alkanes of at least 4 members (excludes halogenated alkanes) is 6. The van der Waals surface area contributed by atoms with Crippen LogP contribution in [0.4, 0.5) is 5.69 Å². The van der Waals surface area contributed by atoms with E-state index in [0.717, 1.165) is 55.2 Å². The molecule has 3 fully saturated rings. The van der Waals surface area contributed by atoms with Gasteiger partial charge in [-0.05, 0) is 83.4 Å². The maximum absolute atomic E-state index is 15.3. The summed E-state index contributed by atoms with van der Waals surface area (Å²) in [6.07, 6.45) is 3.88. The van der Waals surface area contributed by atoms with Crippen molar-refractivity contribution in [1.29, 1.82) is 0 Å². The smallest absolute Gasteiger partial charge is 0.308 e. The summed E-state index contributed by atoms with van der Waals surface area (Å²) in [7, 11) is 0. The molecule has 0 saturated carbocycles. The summed E-state index contributed by atoms with van der Waals surface area (Å²) >= 11 is 0. The van der Waals surface area contributed by atoms with Gasteiger partial charge in [-0.2, -0.15) is 0 Å². The topological polar surface area (TPSA) is 536 Å². The number of carboxylic acids is 4. The van der Waals surface area contributed by atoms with E-state index in [2.05, 4.69) is 49.5 Å². The van der Waals surface area contributed by atoms with Gasteiger partial charge in [0.25, 0.3) is 5.91 Å². The molecule has 97 heavy (non-hydrogen) atoms. The molecule has 0 aliphatic carbocycles. The van der Waals surface area contributed by atoms with Crippen LogP contribution in [0.3, 0.4) is 0 Å². The number of carboxylic acid groups (broad SMARTS) is 4. The lowest BCUT2D eigenvalue weighted by Crippen LogP contribution is -2.66. The van der Waals surface area contributed by atoms with Gasteiger partial charge < -0.3 is 94.4 Å². The van der Waals surface area contributed by atoms with E-state index in [0.29, 0.717) is 6.42 Å². The Morgan fingerprint density at radius 3 is 1.71 bits per heavy atom. The lowest BCUT2D eigenvalue weighted by atomic mass is 9.96. The summed E-state index contributed by atoms with van der Waals surface area (Å²) in [6, 6.07) is -13.5. The van der Waals surface area contributed by atoms with Crippen molar-refractivity contribution in [2.24, 2.45) is 17.6 Å². The van der Waals surface area contributed by atoms with Gasteiger partial charge in [0.1, 0.15) is 54.4 Å². The third-order valence-corrected chi connectivity index (χ3v) is 16.5. The molecule has 3 saturated heterocycles. The van der Waals surface area contributed by atoms with Gasteiger partial charge in [-0.1, -0.05) is 65.4 Å². The quantitative estimate of drug-likeness (QED) is 0.0487. The maximum Gasteiger partial charge on any atom is 0.308 e. The van der Waals surface area contributed by atoms with E-state index >= 15 is 4.79 Å². The van der Waals surface area contributed by atoms with Gasteiger partial charge in [0, 0.05) is 36.8 Å². The van der Waals surface area contributed by atoms with Crippen LogP contribution < -0.4 is 64.2 Å². The molecule has 13 amide bonds. The SMILES string of the molecule is CCCCCCCCCC(=O)Nc1cccc(C(=O)NC(CC(=O)O)C(=O)NC2C(=O)N3CCCCC3C(=O)NC(C(C)C(=O)O)C(=O)NC(CC(=O)O)C(=O)NCC(=O)NC(CC(=O)O)C(=O)NCC(=O)NC(C(C)N)C(=O)NC(C(C)C)C(=O)N3CCCC3C(=O)NC2C)c1. The van der Waals surface area contributed by atoms with E-state index in [1.165, 1.54) is 38.1 Å². The number of hydrogen-bond acceptors (Lipinski definition) is 18. The van der Waals surface area contributed by atoms with Gasteiger partial charge >= 0.3 is 23.9 Å². The normalized spacial score (nSPS) is 24.2. The van der Waals surface area contributed by atoms with Gasteiger partial charge in [-0.3, -0.25) is 81.5 Å². The summed E-state index contributed by atoms with van der Waals surface area (Å²) in [5.74, 6) is -23.5. The molecule has 0 spiro atoms. The second-order valence-electron chi connectivity index (χ2n) is 24.7. The highest BCUT2D eigenvalue weighted by atomic mass is 16.4. The minimum Gasteiger partial charge on any atom is -0.481 e. The number of anilines is 1. The van der Waals surface area contributed by atoms with E-state index in [1.54, 1.807) is 13.8 Å². The van der Waals surface area contributed by atoms with Crippen molar-refractivity contribution in [3.63, 3.8) is 0 Å². The van der Waals surface area contributed by atoms with E-state index in [-0.39, 0.29) is 68.8 Å². The molecular weight excluding hydrogens is 1280 g/mol. The first-order valence-electron chi connectivity index (χ1n) is 32.4. The zero-order valence-electron chi connectivity index (χ0n) is 55.2. The van der Waals surface area contributed by atoms with E-state index < -0.39 is 205 Å². The van der Waals surface area contributed by atoms with E-state index in [4.69, 9.17) is 5.73 Å². The minimum atomic E-state index is -2.18. The molecule has 0 bridgehead atoms. The molecule has 17 N–H and O–H groups in total. The van der Waals surface area contributed by atoms with E-state index in [9.17, 15) is 97.1 Å². The molecule has 536 valence electrons. The number of amides is 13. The molecule has 12 unspecified atom stereocenters. The molecule has 0 aromatic heterocycles. The average Bonchev–Trinajstić information content (AvgIpc) is 1.73. The summed E-state index contributed by atoms with van der Waals surface area (Å²) in [6.45, 7) is 6.30. The van der Waals surface area contributed by atoms with Crippen LogP contribution in [-0.2, 0) is 76.7 Å². The molecule has 1 aromatic rings. The molecule has 4 rings (SSSR count). The largest absolute Gasteiger partial charge is 0.481 e. The van der Waals surface area contributed by atoms with Crippen molar-refractivity contribution in [2.75, 3.05) is 31.5 Å². The first-order chi connectivity index (χ1) is 45.7. The first-order valence-corrected chi connectivity index (χ1v) is 32.4. The summed E-state index contributed by atoms with van der Waals surface area (Å²) in [5.41, 5.74) is 6.20.